The van der Waals surface area contributed by atoms with E-state index in [1.807, 2.05) is 0 Å². The van der Waals surface area contributed by atoms with Gasteiger partial charge < -0.3 is 10.4 Å². The van der Waals surface area contributed by atoms with Crippen molar-refractivity contribution >= 4 is 10.0 Å². The number of hydrogen-bond donors (Lipinski definition) is 3. The summed E-state index contributed by atoms with van der Waals surface area (Å²) in [5.41, 5.74) is -0.903. The average molecular weight is 338 g/mol. The molecule has 124 valence electrons. The van der Waals surface area contributed by atoms with E-state index in [4.69, 9.17) is 0 Å². The second kappa shape index (κ2) is 6.53. The van der Waals surface area contributed by atoms with Crippen LogP contribution in [0.4, 0.5) is 13.2 Å². The first-order valence-electron chi connectivity index (χ1n) is 6.76. The van der Waals surface area contributed by atoms with Gasteiger partial charge in [0.2, 0.25) is 10.0 Å². The Morgan fingerprint density at radius 3 is 2.45 bits per heavy atom. The molecule has 0 unspecified atom stereocenters. The van der Waals surface area contributed by atoms with E-state index in [1.54, 1.807) is 0 Å². The third-order valence-corrected chi connectivity index (χ3v) is 5.06. The number of hydrogen-bond acceptors (Lipinski definition) is 4. The molecule has 3 N–H and O–H groups in total. The van der Waals surface area contributed by atoms with Crippen LogP contribution in [0, 0.1) is 5.92 Å². The van der Waals surface area contributed by atoms with Gasteiger partial charge in [0.25, 0.3) is 0 Å². The highest BCUT2D eigenvalue weighted by Gasteiger charge is 2.31. The van der Waals surface area contributed by atoms with Crippen molar-refractivity contribution in [3.05, 3.63) is 29.8 Å². The number of nitrogens with one attached hydrogen (secondary N) is 2. The quantitative estimate of drug-likeness (QED) is 0.764. The average Bonchev–Trinajstić information content (AvgIpc) is 2.46. The Kier molecular flexibility index (Phi) is 5.10. The van der Waals surface area contributed by atoms with Crippen LogP contribution >= 0.6 is 0 Å². The first-order valence-corrected chi connectivity index (χ1v) is 8.24. The van der Waals surface area contributed by atoms with Crippen molar-refractivity contribution in [1.82, 2.24) is 10.0 Å². The molecule has 1 aromatic carbocycles. The Morgan fingerprint density at radius 2 is 1.91 bits per heavy atom. The van der Waals surface area contributed by atoms with Gasteiger partial charge in [-0.2, -0.15) is 13.2 Å². The van der Waals surface area contributed by atoms with Gasteiger partial charge in [-0.3, -0.25) is 0 Å². The number of sulfonamides is 1. The summed E-state index contributed by atoms with van der Waals surface area (Å²) >= 11 is 0. The van der Waals surface area contributed by atoms with Gasteiger partial charge in [0.15, 0.2) is 0 Å². The number of alkyl halides is 3. The SMILES string of the molecule is O=S(=O)(NC[C@@H]1CCNC[C@H]1O)c1ccc(C(F)(F)F)cc1. The smallest absolute Gasteiger partial charge is 0.391 e. The van der Waals surface area contributed by atoms with Crippen LogP contribution in [-0.2, 0) is 16.2 Å². The molecular formula is C13H17F3N2O3S. The molecule has 1 aliphatic rings. The summed E-state index contributed by atoms with van der Waals surface area (Å²) < 4.78 is 63.8. The molecule has 1 fully saturated rings. The van der Waals surface area contributed by atoms with Crippen molar-refractivity contribution in [2.24, 2.45) is 5.92 Å². The lowest BCUT2D eigenvalue weighted by molar-refractivity contribution is -0.137. The summed E-state index contributed by atoms with van der Waals surface area (Å²) in [6.45, 7) is 1.13. The molecule has 1 saturated heterocycles. The van der Waals surface area contributed by atoms with E-state index in [2.05, 4.69) is 10.0 Å². The first kappa shape index (κ1) is 17.2. The minimum Gasteiger partial charge on any atom is -0.391 e. The lowest BCUT2D eigenvalue weighted by atomic mass is 9.96. The first-order chi connectivity index (χ1) is 10.2. The summed E-state index contributed by atoms with van der Waals surface area (Å²) in [7, 11) is -3.89. The summed E-state index contributed by atoms with van der Waals surface area (Å²) in [4.78, 5) is -0.232. The molecule has 2 atom stereocenters. The molecule has 0 aliphatic carbocycles. The van der Waals surface area contributed by atoms with Gasteiger partial charge in [-0.25, -0.2) is 13.1 Å². The van der Waals surface area contributed by atoms with Crippen LogP contribution in [-0.4, -0.2) is 39.3 Å². The molecule has 0 spiro atoms. The maximum absolute atomic E-state index is 12.5. The fourth-order valence-corrected chi connectivity index (χ4v) is 3.35. The van der Waals surface area contributed by atoms with Gasteiger partial charge in [-0.1, -0.05) is 0 Å². The van der Waals surface area contributed by atoms with Crippen LogP contribution in [0.5, 0.6) is 0 Å². The number of benzene rings is 1. The minimum atomic E-state index is -4.51. The monoisotopic (exact) mass is 338 g/mol. The van der Waals surface area contributed by atoms with E-state index in [0.717, 1.165) is 24.3 Å². The van der Waals surface area contributed by atoms with Crippen molar-refractivity contribution in [2.45, 2.75) is 23.6 Å². The van der Waals surface area contributed by atoms with Crippen LogP contribution in [0.1, 0.15) is 12.0 Å². The molecule has 0 amide bonds. The minimum absolute atomic E-state index is 0.0478. The molecule has 1 heterocycles. The molecule has 1 aromatic rings. The van der Waals surface area contributed by atoms with E-state index in [0.29, 0.717) is 19.5 Å². The van der Waals surface area contributed by atoms with Crippen LogP contribution in [0.25, 0.3) is 0 Å². The molecule has 0 radical (unpaired) electrons. The lowest BCUT2D eigenvalue weighted by Crippen LogP contribution is -2.45. The van der Waals surface area contributed by atoms with Gasteiger partial charge in [-0.15, -0.1) is 0 Å². The Bertz CT molecular complexity index is 602. The van der Waals surface area contributed by atoms with Crippen LogP contribution in [0.15, 0.2) is 29.2 Å². The zero-order valence-electron chi connectivity index (χ0n) is 11.6. The van der Waals surface area contributed by atoms with Gasteiger partial charge in [0, 0.05) is 19.0 Å². The number of β-amino-alcohol motifs (C(OH)–C–C–N with tert-alkyl or cyclic N) is 1. The topological polar surface area (TPSA) is 78.4 Å². The van der Waals surface area contributed by atoms with E-state index in [-0.39, 0.29) is 17.4 Å². The van der Waals surface area contributed by atoms with E-state index >= 15 is 0 Å². The summed E-state index contributed by atoms with van der Waals surface area (Å²) in [5.74, 6) is -0.217. The Hall–Kier alpha value is -1.16. The van der Waals surface area contributed by atoms with Crippen LogP contribution in [0.3, 0.4) is 0 Å². The third kappa shape index (κ3) is 4.19. The molecule has 9 heteroatoms. The number of halogens is 3. The molecule has 0 aromatic heterocycles. The fourth-order valence-electron chi connectivity index (χ4n) is 2.26. The van der Waals surface area contributed by atoms with Gasteiger partial charge in [0.1, 0.15) is 0 Å². The fraction of sp³-hybridized carbons (Fsp3) is 0.538. The lowest BCUT2D eigenvalue weighted by Gasteiger charge is -2.28. The highest BCUT2D eigenvalue weighted by Crippen LogP contribution is 2.29. The summed E-state index contributed by atoms with van der Waals surface area (Å²) in [6, 6.07) is 3.30. The highest BCUT2D eigenvalue weighted by molar-refractivity contribution is 7.89. The van der Waals surface area contributed by atoms with E-state index in [1.165, 1.54) is 0 Å². The molecule has 1 aliphatic heterocycles. The second-order valence-electron chi connectivity index (χ2n) is 5.19. The number of piperidine rings is 1. The molecular weight excluding hydrogens is 321 g/mol. The van der Waals surface area contributed by atoms with Gasteiger partial charge >= 0.3 is 6.18 Å². The van der Waals surface area contributed by atoms with Crippen LogP contribution < -0.4 is 10.0 Å². The predicted octanol–water partition coefficient (Wildman–Crippen LogP) is 0.954. The van der Waals surface area contributed by atoms with Gasteiger partial charge in [-0.05, 0) is 37.2 Å². The Labute approximate surface area is 126 Å². The molecule has 0 bridgehead atoms. The normalized spacial score (nSPS) is 23.5. The highest BCUT2D eigenvalue weighted by atomic mass is 32.2. The molecule has 22 heavy (non-hydrogen) atoms. The molecule has 0 saturated carbocycles. The van der Waals surface area contributed by atoms with E-state index < -0.39 is 27.9 Å². The van der Waals surface area contributed by atoms with Crippen molar-refractivity contribution in [3.8, 4) is 0 Å². The zero-order chi connectivity index (χ0) is 16.4. The maximum Gasteiger partial charge on any atom is 0.416 e. The van der Waals surface area contributed by atoms with Crippen molar-refractivity contribution < 1.29 is 26.7 Å². The second-order valence-corrected chi connectivity index (χ2v) is 6.96. The maximum atomic E-state index is 12.5. The summed E-state index contributed by atoms with van der Waals surface area (Å²) in [5, 5.41) is 12.7. The van der Waals surface area contributed by atoms with E-state index in [9.17, 15) is 26.7 Å². The van der Waals surface area contributed by atoms with Crippen LogP contribution in [0.2, 0.25) is 0 Å². The number of rotatable bonds is 4. The van der Waals surface area contributed by atoms with Crippen molar-refractivity contribution in [3.63, 3.8) is 0 Å². The Balaban J connectivity index is 2.03. The van der Waals surface area contributed by atoms with Crippen molar-refractivity contribution in [2.75, 3.05) is 19.6 Å². The standard InChI is InChI=1S/C13H17F3N2O3S/c14-13(15,16)10-1-3-11(4-2-10)22(20,21)18-7-9-5-6-17-8-12(9)19/h1-4,9,12,17-19H,5-8H2/t9-,12+/m0/s1. The molecule has 2 rings (SSSR count). The zero-order valence-corrected chi connectivity index (χ0v) is 12.4. The number of aliphatic hydroxyl groups is 1. The van der Waals surface area contributed by atoms with Crippen molar-refractivity contribution in [1.29, 1.82) is 0 Å². The largest absolute Gasteiger partial charge is 0.416 e. The number of aliphatic hydroxyl groups excluding tert-OH is 1. The predicted molar refractivity (Wildman–Crippen MR) is 73.6 cm³/mol. The molecule has 5 nitrogen and oxygen atoms in total. The van der Waals surface area contributed by atoms with Gasteiger partial charge in [0.05, 0.1) is 16.6 Å². The summed E-state index contributed by atoms with van der Waals surface area (Å²) in [6.07, 6.45) is -4.53. The third-order valence-electron chi connectivity index (χ3n) is 3.62. The Morgan fingerprint density at radius 1 is 1.27 bits per heavy atom.